The Morgan fingerprint density at radius 1 is 0.660 bits per heavy atom. The molecule has 0 heterocycles. The first-order valence-corrected chi connectivity index (χ1v) is 21.4. The first kappa shape index (κ1) is 45.8. The van der Waals surface area contributed by atoms with Crippen LogP contribution in [0.15, 0.2) is 109 Å². The van der Waals surface area contributed by atoms with E-state index in [1.54, 1.807) is 5.56 Å². The summed E-state index contributed by atoms with van der Waals surface area (Å²) in [7, 11) is 0. The van der Waals surface area contributed by atoms with E-state index in [0.717, 1.165) is 5.92 Å². The quantitative estimate of drug-likeness (QED) is 0.116. The predicted octanol–water partition coefficient (Wildman–Crippen LogP) is 14.8. The molecular weight excluding hydrogens is 743 g/mol. The molecule has 0 aromatic heterocycles. The normalized spacial score (nSPS) is 12.9. The summed E-state index contributed by atoms with van der Waals surface area (Å²) in [4.78, 5) is 0. The van der Waals surface area contributed by atoms with Crippen molar-refractivity contribution < 1.29 is 23.3 Å². The van der Waals surface area contributed by atoms with Crippen molar-refractivity contribution in [2.45, 2.75) is 90.9 Å². The average molecular weight is 799 g/mol. The molecule has 7 rings (SSSR count). The summed E-state index contributed by atoms with van der Waals surface area (Å²) >= 11 is 1.36. The molecule has 1 aliphatic carbocycles. The third-order valence-corrected chi connectivity index (χ3v) is 10.0. The van der Waals surface area contributed by atoms with Crippen molar-refractivity contribution in [3.63, 3.8) is 0 Å². The van der Waals surface area contributed by atoms with Crippen LogP contribution < -0.4 is 0 Å². The molecule has 6 aromatic carbocycles. The van der Waals surface area contributed by atoms with Crippen LogP contribution in [-0.2, 0) is 23.3 Å². The van der Waals surface area contributed by atoms with E-state index in [0.29, 0.717) is 11.8 Å². The van der Waals surface area contributed by atoms with Gasteiger partial charge in [0.1, 0.15) is 0 Å². The van der Waals surface area contributed by atoms with E-state index >= 15 is 0 Å². The van der Waals surface area contributed by atoms with Crippen molar-refractivity contribution >= 4 is 53.2 Å². The Balaban J connectivity index is 0.000000448. The molecule has 1 atom stereocenters. The van der Waals surface area contributed by atoms with Gasteiger partial charge in [-0.3, -0.25) is 0 Å². The molecule has 0 spiro atoms. The van der Waals surface area contributed by atoms with Gasteiger partial charge in [-0.05, 0) is 59.3 Å². The number of halogens is 2. The van der Waals surface area contributed by atoms with Gasteiger partial charge < -0.3 is 14.9 Å². The van der Waals surface area contributed by atoms with Gasteiger partial charge in [-0.15, -0.1) is 93.9 Å². The summed E-state index contributed by atoms with van der Waals surface area (Å²) in [5.74, 6) is 2.01. The molecule has 6 aromatic rings. The molecule has 0 aliphatic heterocycles. The van der Waals surface area contributed by atoms with Gasteiger partial charge in [-0.2, -0.15) is 12.1 Å². The maximum absolute atomic E-state index is 3.06. The molecule has 1 fully saturated rings. The van der Waals surface area contributed by atoms with Crippen LogP contribution in [0.5, 0.6) is 0 Å². The second-order valence-electron chi connectivity index (χ2n) is 13.5. The molecule has 0 N–H and O–H groups in total. The summed E-state index contributed by atoms with van der Waals surface area (Å²) in [6.45, 7) is 14.3. The van der Waals surface area contributed by atoms with Crippen molar-refractivity contribution in [1.82, 2.24) is 0 Å². The van der Waals surface area contributed by atoms with Gasteiger partial charge >= 0.3 is 30.2 Å². The Kier molecular flexibility index (Phi) is 20.1. The third-order valence-electron chi connectivity index (χ3n) is 10.0. The van der Waals surface area contributed by atoms with Crippen LogP contribution in [0.25, 0.3) is 43.8 Å². The van der Waals surface area contributed by atoms with Crippen LogP contribution in [0.3, 0.4) is 0 Å². The minimum absolute atomic E-state index is 0. The van der Waals surface area contributed by atoms with Crippen molar-refractivity contribution in [3.8, 4) is 22.3 Å². The fraction of sp³-hybridized carbons (Fsp3) is 0.304. The van der Waals surface area contributed by atoms with Gasteiger partial charge in [0.25, 0.3) is 0 Å². The van der Waals surface area contributed by atoms with Crippen LogP contribution in [0.2, 0.25) is 0 Å². The Morgan fingerprint density at radius 2 is 1.14 bits per heavy atom. The molecule has 1 aliphatic rings. The SMILES string of the molecule is CC(C)c1ccc(-c2cccc3[cH-]c(C4CCCCC4)cc23)cc1.CCC(C)c1ccc(-c2cccc3[cH-]c(C)cc23)cc1.Cl.Cl.[CH3-].[CH3-].[Si]=[Zr]. The first-order valence-electron chi connectivity index (χ1n) is 17.2. The van der Waals surface area contributed by atoms with Crippen molar-refractivity contribution in [3.05, 3.63) is 146 Å². The van der Waals surface area contributed by atoms with E-state index in [9.17, 15) is 0 Å². The zero-order valence-electron chi connectivity index (χ0n) is 31.2. The van der Waals surface area contributed by atoms with Gasteiger partial charge in [0.05, 0.1) is 0 Å². The molecule has 4 heteroatoms. The topological polar surface area (TPSA) is 0 Å². The van der Waals surface area contributed by atoms with E-state index in [4.69, 9.17) is 0 Å². The monoisotopic (exact) mass is 796 g/mol. The molecule has 0 saturated heterocycles. The summed E-state index contributed by atoms with van der Waals surface area (Å²) < 4.78 is 0. The average Bonchev–Trinajstić information content (AvgIpc) is 3.73. The zero-order chi connectivity index (χ0) is 32.6. The van der Waals surface area contributed by atoms with Crippen molar-refractivity contribution in [2.75, 3.05) is 0 Å². The molecule has 0 nitrogen and oxygen atoms in total. The Bertz CT molecular complexity index is 1840. The predicted molar refractivity (Wildman–Crippen MR) is 226 cm³/mol. The van der Waals surface area contributed by atoms with E-state index in [2.05, 4.69) is 151 Å². The molecule has 1 unspecified atom stereocenters. The fourth-order valence-electron chi connectivity index (χ4n) is 7.09. The summed E-state index contributed by atoms with van der Waals surface area (Å²) in [6, 6.07) is 41.0. The van der Waals surface area contributed by atoms with E-state index in [1.807, 2.05) is 0 Å². The van der Waals surface area contributed by atoms with Crippen LogP contribution in [-0.4, -0.2) is 6.88 Å². The van der Waals surface area contributed by atoms with Crippen LogP contribution in [0.1, 0.15) is 106 Å². The Morgan fingerprint density at radius 3 is 1.64 bits per heavy atom. The van der Waals surface area contributed by atoms with Gasteiger partial charge in [0, 0.05) is 0 Å². The molecule has 1 saturated carbocycles. The number of hydrogen-bond donors (Lipinski definition) is 0. The number of fused-ring (bicyclic) bond motifs is 2. The van der Waals surface area contributed by atoms with Crippen molar-refractivity contribution in [1.29, 1.82) is 0 Å². The second-order valence-corrected chi connectivity index (χ2v) is 13.5. The van der Waals surface area contributed by atoms with E-state index in [1.165, 1.54) is 122 Å². The van der Waals surface area contributed by atoms with Gasteiger partial charge in [-0.25, -0.2) is 0 Å². The Hall–Kier alpha value is -2.22. The molecule has 0 bridgehead atoms. The molecule has 2 radical (unpaired) electrons. The molecular formula is C46H56Cl2SiZr-4. The van der Waals surface area contributed by atoms with E-state index < -0.39 is 0 Å². The minimum atomic E-state index is 0. The summed E-state index contributed by atoms with van der Waals surface area (Å²) in [6.07, 6.45) is 8.15. The third kappa shape index (κ3) is 10.9. The van der Waals surface area contributed by atoms with Crippen LogP contribution >= 0.6 is 24.8 Å². The maximum atomic E-state index is 3.06. The molecule has 266 valence electrons. The van der Waals surface area contributed by atoms with Crippen molar-refractivity contribution in [2.24, 2.45) is 0 Å². The summed E-state index contributed by atoms with van der Waals surface area (Å²) in [5.41, 5.74) is 11.1. The van der Waals surface area contributed by atoms with E-state index in [-0.39, 0.29) is 39.7 Å². The number of benzene rings is 4. The molecule has 0 amide bonds. The van der Waals surface area contributed by atoms with Gasteiger partial charge in [-0.1, -0.05) is 126 Å². The number of aryl methyl sites for hydroxylation is 1. The molecule has 50 heavy (non-hydrogen) atoms. The van der Waals surface area contributed by atoms with Crippen LogP contribution in [0, 0.1) is 21.8 Å². The summed E-state index contributed by atoms with van der Waals surface area (Å²) in [5, 5.41) is 5.53. The second kappa shape index (κ2) is 22.0. The Labute approximate surface area is 333 Å². The first-order chi connectivity index (χ1) is 22.4. The zero-order valence-corrected chi connectivity index (χ0v) is 36.3. The number of hydrogen-bond acceptors (Lipinski definition) is 0. The standard InChI is InChI=1S/C24H27.C20H21.2CH3.2ClH.Si.Zr/c1-17(2)18-11-13-20(14-12-18)23-10-6-9-21-15-22(16-24(21)23)19-7-4-3-5-8-19;1-4-15(3)16-8-10-17(11-9-16)19-7-5-6-18-12-14(2)13-20(18)19;;;;;;/h6,9-17,19H,3-5,7-8H2,1-2H3;5-13,15H,4H2,1-3H3;2*1H3;2*1H;;/q4*-1;;;;. The fourth-order valence-corrected chi connectivity index (χ4v) is 7.09. The van der Waals surface area contributed by atoms with Gasteiger partial charge in [0.2, 0.25) is 0 Å². The van der Waals surface area contributed by atoms with Crippen LogP contribution in [0.4, 0.5) is 0 Å². The van der Waals surface area contributed by atoms with Gasteiger partial charge in [0.15, 0.2) is 0 Å². The number of rotatable bonds is 6.